The quantitative estimate of drug-likeness (QED) is 0.832. The van der Waals surface area contributed by atoms with E-state index >= 15 is 0 Å². The summed E-state index contributed by atoms with van der Waals surface area (Å²) in [6.07, 6.45) is -0.532. The summed E-state index contributed by atoms with van der Waals surface area (Å²) in [5.41, 5.74) is 4.70. The van der Waals surface area contributed by atoms with Crippen molar-refractivity contribution in [2.45, 2.75) is 25.8 Å². The normalized spacial score (nSPS) is 14.7. The first-order valence-corrected chi connectivity index (χ1v) is 8.72. The highest BCUT2D eigenvalue weighted by atomic mass is 16.5. The SMILES string of the molecule is COC(=O)[C@H](C)[C@H](C)NC(=O)OCC1c2ccccc2-c2ccccc21. The van der Waals surface area contributed by atoms with Gasteiger partial charge in [0.15, 0.2) is 0 Å². The molecule has 0 radical (unpaired) electrons. The number of methoxy groups -OCH3 is 1. The second-order valence-corrected chi connectivity index (χ2v) is 6.57. The van der Waals surface area contributed by atoms with E-state index in [4.69, 9.17) is 9.47 Å². The standard InChI is InChI=1S/C21H23NO4/c1-13(20(23)25-3)14(2)22-21(24)26-12-19-17-10-6-4-8-15(17)16-9-5-7-11-18(16)19/h4-11,13-14,19H,12H2,1-3H3,(H,22,24)/t13-,14+/m1/s1. The Morgan fingerprint density at radius 1 is 1.00 bits per heavy atom. The Balaban J connectivity index is 1.67. The predicted octanol–water partition coefficient (Wildman–Crippen LogP) is 3.72. The molecule has 5 heteroatoms. The van der Waals surface area contributed by atoms with Gasteiger partial charge in [0.25, 0.3) is 0 Å². The molecule has 1 aliphatic carbocycles. The van der Waals surface area contributed by atoms with E-state index < -0.39 is 12.0 Å². The summed E-state index contributed by atoms with van der Waals surface area (Å²) in [5.74, 6) is -0.793. The number of esters is 1. The molecule has 1 aliphatic rings. The van der Waals surface area contributed by atoms with Gasteiger partial charge >= 0.3 is 12.1 Å². The van der Waals surface area contributed by atoms with Crippen molar-refractivity contribution < 1.29 is 19.1 Å². The highest BCUT2D eigenvalue weighted by Gasteiger charge is 2.29. The molecule has 0 aliphatic heterocycles. The summed E-state index contributed by atoms with van der Waals surface area (Å²) in [6, 6.07) is 16.0. The molecular weight excluding hydrogens is 330 g/mol. The Labute approximate surface area is 153 Å². The van der Waals surface area contributed by atoms with Crippen LogP contribution in [0.2, 0.25) is 0 Å². The maximum atomic E-state index is 12.2. The van der Waals surface area contributed by atoms with Crippen LogP contribution in [0.15, 0.2) is 48.5 Å². The molecule has 2 aromatic carbocycles. The van der Waals surface area contributed by atoms with Crippen molar-refractivity contribution in [3.05, 3.63) is 59.7 Å². The first-order chi connectivity index (χ1) is 12.5. The third kappa shape index (κ3) is 3.43. The van der Waals surface area contributed by atoms with Crippen molar-refractivity contribution in [1.82, 2.24) is 5.32 Å². The average molecular weight is 353 g/mol. The number of alkyl carbamates (subject to hydrolysis) is 1. The van der Waals surface area contributed by atoms with E-state index in [2.05, 4.69) is 29.6 Å². The maximum absolute atomic E-state index is 12.2. The second-order valence-electron chi connectivity index (χ2n) is 6.57. The first kappa shape index (κ1) is 18.0. The van der Waals surface area contributed by atoms with Gasteiger partial charge in [-0.1, -0.05) is 48.5 Å². The van der Waals surface area contributed by atoms with Gasteiger partial charge < -0.3 is 14.8 Å². The van der Waals surface area contributed by atoms with Crippen molar-refractivity contribution in [3.63, 3.8) is 0 Å². The molecule has 0 saturated carbocycles. The van der Waals surface area contributed by atoms with Gasteiger partial charge in [-0.05, 0) is 36.1 Å². The predicted molar refractivity (Wildman–Crippen MR) is 98.8 cm³/mol. The number of amides is 1. The molecule has 3 rings (SSSR count). The van der Waals surface area contributed by atoms with E-state index in [0.29, 0.717) is 0 Å². The fraction of sp³-hybridized carbons (Fsp3) is 0.333. The van der Waals surface area contributed by atoms with Crippen LogP contribution in [0, 0.1) is 5.92 Å². The summed E-state index contributed by atoms with van der Waals surface area (Å²) in [5, 5.41) is 2.70. The molecule has 0 unspecified atom stereocenters. The van der Waals surface area contributed by atoms with Crippen LogP contribution in [0.5, 0.6) is 0 Å². The number of ether oxygens (including phenoxy) is 2. The van der Waals surface area contributed by atoms with E-state index in [1.54, 1.807) is 13.8 Å². The van der Waals surface area contributed by atoms with Crippen molar-refractivity contribution >= 4 is 12.1 Å². The Kier molecular flexibility index (Phi) is 5.26. The number of fused-ring (bicyclic) bond motifs is 3. The van der Waals surface area contributed by atoms with Crippen molar-refractivity contribution in [1.29, 1.82) is 0 Å². The lowest BCUT2D eigenvalue weighted by Crippen LogP contribution is -2.41. The number of carbonyl (C=O) groups is 2. The van der Waals surface area contributed by atoms with E-state index in [0.717, 1.165) is 11.1 Å². The van der Waals surface area contributed by atoms with Crippen LogP contribution in [-0.4, -0.2) is 31.8 Å². The van der Waals surface area contributed by atoms with Gasteiger partial charge in [-0.25, -0.2) is 4.79 Å². The summed E-state index contributed by atoms with van der Waals surface area (Å²) in [7, 11) is 1.33. The number of carbonyl (C=O) groups excluding carboxylic acids is 2. The summed E-state index contributed by atoms with van der Waals surface area (Å²) in [4.78, 5) is 23.7. The maximum Gasteiger partial charge on any atom is 0.407 e. The molecular formula is C21H23NO4. The summed E-state index contributed by atoms with van der Waals surface area (Å²) in [6.45, 7) is 3.71. The Bertz CT molecular complexity index is 772. The fourth-order valence-corrected chi connectivity index (χ4v) is 3.34. The Hall–Kier alpha value is -2.82. The first-order valence-electron chi connectivity index (χ1n) is 8.72. The minimum absolute atomic E-state index is 0.0153. The third-order valence-electron chi connectivity index (χ3n) is 5.01. The minimum atomic E-state index is -0.532. The van der Waals surface area contributed by atoms with Gasteiger partial charge in [-0.3, -0.25) is 4.79 Å². The van der Waals surface area contributed by atoms with E-state index in [1.807, 2.05) is 24.3 Å². The van der Waals surface area contributed by atoms with Crippen LogP contribution in [0.25, 0.3) is 11.1 Å². The lowest BCUT2D eigenvalue weighted by atomic mass is 9.98. The molecule has 5 nitrogen and oxygen atoms in total. The highest BCUT2D eigenvalue weighted by Crippen LogP contribution is 2.44. The largest absolute Gasteiger partial charge is 0.469 e. The van der Waals surface area contributed by atoms with Gasteiger partial charge in [-0.2, -0.15) is 0 Å². The van der Waals surface area contributed by atoms with Crippen molar-refractivity contribution in [3.8, 4) is 11.1 Å². The number of benzene rings is 2. The van der Waals surface area contributed by atoms with Gasteiger partial charge in [0.05, 0.1) is 13.0 Å². The van der Waals surface area contributed by atoms with Crippen LogP contribution < -0.4 is 5.32 Å². The lowest BCUT2D eigenvalue weighted by molar-refractivity contribution is -0.145. The molecule has 136 valence electrons. The number of hydrogen-bond donors (Lipinski definition) is 1. The van der Waals surface area contributed by atoms with Gasteiger partial charge in [0.1, 0.15) is 6.61 Å². The van der Waals surface area contributed by atoms with Gasteiger partial charge in [0, 0.05) is 12.0 Å². The molecule has 0 fully saturated rings. The zero-order chi connectivity index (χ0) is 18.7. The third-order valence-corrected chi connectivity index (χ3v) is 5.01. The lowest BCUT2D eigenvalue weighted by Gasteiger charge is -2.20. The monoisotopic (exact) mass is 353 g/mol. The van der Waals surface area contributed by atoms with E-state index in [-0.39, 0.29) is 24.5 Å². The Morgan fingerprint density at radius 2 is 1.54 bits per heavy atom. The Morgan fingerprint density at radius 3 is 2.08 bits per heavy atom. The molecule has 0 spiro atoms. The number of rotatable bonds is 5. The molecule has 0 bridgehead atoms. The molecule has 1 N–H and O–H groups in total. The minimum Gasteiger partial charge on any atom is -0.469 e. The molecule has 0 saturated heterocycles. The average Bonchev–Trinajstić information content (AvgIpc) is 2.99. The zero-order valence-corrected chi connectivity index (χ0v) is 15.2. The summed E-state index contributed by atoms with van der Waals surface area (Å²) < 4.78 is 10.2. The summed E-state index contributed by atoms with van der Waals surface area (Å²) >= 11 is 0. The van der Waals surface area contributed by atoms with Gasteiger partial charge in [0.2, 0.25) is 0 Å². The van der Waals surface area contributed by atoms with Crippen molar-refractivity contribution in [2.24, 2.45) is 5.92 Å². The zero-order valence-electron chi connectivity index (χ0n) is 15.2. The highest BCUT2D eigenvalue weighted by molar-refractivity contribution is 5.79. The molecule has 1 amide bonds. The number of nitrogens with one attached hydrogen (secondary N) is 1. The van der Waals surface area contributed by atoms with E-state index in [9.17, 15) is 9.59 Å². The van der Waals surface area contributed by atoms with Crippen LogP contribution in [0.3, 0.4) is 0 Å². The molecule has 2 aromatic rings. The fourth-order valence-electron chi connectivity index (χ4n) is 3.34. The molecule has 0 aromatic heterocycles. The second kappa shape index (κ2) is 7.60. The van der Waals surface area contributed by atoms with Gasteiger partial charge in [-0.15, -0.1) is 0 Å². The van der Waals surface area contributed by atoms with Crippen LogP contribution >= 0.6 is 0 Å². The number of hydrogen-bond acceptors (Lipinski definition) is 4. The van der Waals surface area contributed by atoms with Crippen LogP contribution in [-0.2, 0) is 14.3 Å². The van der Waals surface area contributed by atoms with E-state index in [1.165, 1.54) is 18.2 Å². The van der Waals surface area contributed by atoms with Crippen LogP contribution in [0.4, 0.5) is 4.79 Å². The molecule has 0 heterocycles. The van der Waals surface area contributed by atoms with Crippen LogP contribution in [0.1, 0.15) is 30.9 Å². The topological polar surface area (TPSA) is 64.6 Å². The smallest absolute Gasteiger partial charge is 0.407 e. The molecule has 26 heavy (non-hydrogen) atoms. The molecule has 2 atom stereocenters. The van der Waals surface area contributed by atoms with Crippen molar-refractivity contribution in [2.75, 3.05) is 13.7 Å².